The Labute approximate surface area is 180 Å². The number of fused-ring (bicyclic) bond motifs is 1. The molecule has 2 aromatic heterocycles. The second-order valence-corrected chi connectivity index (χ2v) is 10.3. The van der Waals surface area contributed by atoms with Crippen LogP contribution in [0.15, 0.2) is 12.1 Å². The first-order chi connectivity index (χ1) is 14.1. The summed E-state index contributed by atoms with van der Waals surface area (Å²) in [5.74, 6) is -0.346. The van der Waals surface area contributed by atoms with E-state index in [-0.39, 0.29) is 18.0 Å². The van der Waals surface area contributed by atoms with Gasteiger partial charge in [0.05, 0.1) is 18.7 Å². The number of anilines is 1. The van der Waals surface area contributed by atoms with E-state index >= 15 is 0 Å². The molecule has 1 aliphatic heterocycles. The standard InChI is InChI=1S/C22H28N2O3S2/c1-14-11-12-18(28-14)16-9-4-3-7-13-24(16)22(26)23-20-19(21(25)27-2)15-8-5-6-10-17(15)29-20/h11-12,16H,3-10,13H2,1-2H3,(H,23,26)/t16-/m0/s1. The van der Waals surface area contributed by atoms with E-state index < -0.39 is 0 Å². The highest BCUT2D eigenvalue weighted by Gasteiger charge is 2.31. The molecule has 5 nitrogen and oxygen atoms in total. The van der Waals surface area contributed by atoms with Gasteiger partial charge in [0, 0.05) is 21.2 Å². The lowest BCUT2D eigenvalue weighted by atomic mass is 9.95. The van der Waals surface area contributed by atoms with Crippen molar-refractivity contribution in [1.82, 2.24) is 4.90 Å². The van der Waals surface area contributed by atoms with Crippen molar-refractivity contribution in [3.8, 4) is 0 Å². The number of aryl methyl sites for hydroxylation is 2. The van der Waals surface area contributed by atoms with E-state index in [0.29, 0.717) is 10.6 Å². The molecular weight excluding hydrogens is 404 g/mol. The molecule has 2 aromatic rings. The molecule has 156 valence electrons. The van der Waals surface area contributed by atoms with Crippen molar-refractivity contribution in [3.05, 3.63) is 37.9 Å². The summed E-state index contributed by atoms with van der Waals surface area (Å²) in [6.07, 6.45) is 8.34. The first-order valence-electron chi connectivity index (χ1n) is 10.4. The zero-order valence-electron chi connectivity index (χ0n) is 17.1. The second kappa shape index (κ2) is 8.88. The van der Waals surface area contributed by atoms with E-state index in [9.17, 15) is 9.59 Å². The number of hydrogen-bond acceptors (Lipinski definition) is 5. The third kappa shape index (κ3) is 4.21. The van der Waals surface area contributed by atoms with Crippen LogP contribution in [0.1, 0.15) is 75.1 Å². The van der Waals surface area contributed by atoms with E-state index in [4.69, 9.17) is 4.74 Å². The maximum absolute atomic E-state index is 13.4. The molecule has 1 saturated heterocycles. The highest BCUT2D eigenvalue weighted by atomic mass is 32.1. The van der Waals surface area contributed by atoms with E-state index in [0.717, 1.165) is 63.5 Å². The van der Waals surface area contributed by atoms with Crippen LogP contribution in [0.2, 0.25) is 0 Å². The Balaban J connectivity index is 1.62. The number of nitrogens with one attached hydrogen (secondary N) is 1. The molecule has 0 bridgehead atoms. The number of rotatable bonds is 3. The molecule has 2 amide bonds. The van der Waals surface area contributed by atoms with Gasteiger partial charge in [0.15, 0.2) is 0 Å². The summed E-state index contributed by atoms with van der Waals surface area (Å²) in [5, 5.41) is 3.75. The number of nitrogens with zero attached hydrogens (tertiary/aromatic N) is 1. The zero-order valence-corrected chi connectivity index (χ0v) is 18.7. The summed E-state index contributed by atoms with van der Waals surface area (Å²) in [7, 11) is 1.41. The van der Waals surface area contributed by atoms with Gasteiger partial charge in [0.25, 0.3) is 0 Å². The van der Waals surface area contributed by atoms with E-state index in [2.05, 4.69) is 24.4 Å². The molecule has 1 N–H and O–H groups in total. The van der Waals surface area contributed by atoms with Gasteiger partial charge in [-0.15, -0.1) is 22.7 Å². The molecule has 1 fully saturated rings. The topological polar surface area (TPSA) is 58.6 Å². The second-order valence-electron chi connectivity index (χ2n) is 7.84. The predicted molar refractivity (Wildman–Crippen MR) is 118 cm³/mol. The fourth-order valence-electron chi connectivity index (χ4n) is 4.42. The molecule has 4 rings (SSSR count). The lowest BCUT2D eigenvalue weighted by Gasteiger charge is -2.29. The molecule has 0 spiro atoms. The van der Waals surface area contributed by atoms with Crippen molar-refractivity contribution in [1.29, 1.82) is 0 Å². The zero-order chi connectivity index (χ0) is 20.4. The Hall–Kier alpha value is -1.86. The molecule has 29 heavy (non-hydrogen) atoms. The highest BCUT2D eigenvalue weighted by molar-refractivity contribution is 7.17. The number of hydrogen-bond donors (Lipinski definition) is 1. The summed E-state index contributed by atoms with van der Waals surface area (Å²) >= 11 is 3.32. The molecule has 0 unspecified atom stereocenters. The first-order valence-corrected chi connectivity index (χ1v) is 12.1. The van der Waals surface area contributed by atoms with Gasteiger partial charge >= 0.3 is 12.0 Å². The summed E-state index contributed by atoms with van der Waals surface area (Å²) in [6, 6.07) is 4.28. The number of carbonyl (C=O) groups excluding carboxylic acids is 2. The quantitative estimate of drug-likeness (QED) is 0.611. The van der Waals surface area contributed by atoms with Gasteiger partial charge < -0.3 is 9.64 Å². The van der Waals surface area contributed by atoms with Gasteiger partial charge in [0.1, 0.15) is 5.00 Å². The number of ether oxygens (including phenoxy) is 1. The van der Waals surface area contributed by atoms with Crippen LogP contribution < -0.4 is 5.32 Å². The summed E-state index contributed by atoms with van der Waals surface area (Å²) < 4.78 is 5.05. The Kier molecular flexibility index (Phi) is 6.25. The maximum atomic E-state index is 13.4. The Morgan fingerprint density at radius 3 is 2.69 bits per heavy atom. The average molecular weight is 433 g/mol. The van der Waals surface area contributed by atoms with Gasteiger partial charge in [-0.25, -0.2) is 9.59 Å². The van der Waals surface area contributed by atoms with E-state index in [1.54, 1.807) is 22.7 Å². The van der Waals surface area contributed by atoms with Crippen molar-refractivity contribution in [2.75, 3.05) is 19.0 Å². The van der Waals surface area contributed by atoms with Crippen LogP contribution in [-0.4, -0.2) is 30.6 Å². The summed E-state index contributed by atoms with van der Waals surface area (Å²) in [5.41, 5.74) is 1.64. The fraction of sp³-hybridized carbons (Fsp3) is 0.545. The minimum Gasteiger partial charge on any atom is -0.465 e. The van der Waals surface area contributed by atoms with Crippen LogP contribution in [0.25, 0.3) is 0 Å². The van der Waals surface area contributed by atoms with Gasteiger partial charge in [-0.2, -0.15) is 0 Å². The Bertz CT molecular complexity index is 902. The number of methoxy groups -OCH3 is 1. The number of thiophene rings is 2. The molecule has 1 atom stereocenters. The predicted octanol–water partition coefficient (Wildman–Crippen LogP) is 5.93. The largest absolute Gasteiger partial charge is 0.465 e. The first kappa shape index (κ1) is 20.4. The number of amides is 2. The fourth-order valence-corrected chi connectivity index (χ4v) is 6.71. The normalized spacial score (nSPS) is 19.4. The maximum Gasteiger partial charge on any atom is 0.341 e. The molecular formula is C22H28N2O3S2. The molecule has 0 radical (unpaired) electrons. The van der Waals surface area contributed by atoms with Crippen LogP contribution >= 0.6 is 22.7 Å². The average Bonchev–Trinajstić information content (AvgIpc) is 3.21. The smallest absolute Gasteiger partial charge is 0.341 e. The van der Waals surface area contributed by atoms with E-state index in [1.165, 1.54) is 21.7 Å². The van der Waals surface area contributed by atoms with Gasteiger partial charge in [-0.1, -0.05) is 12.8 Å². The monoisotopic (exact) mass is 432 g/mol. The van der Waals surface area contributed by atoms with Crippen molar-refractivity contribution >= 4 is 39.7 Å². The minimum atomic E-state index is -0.346. The van der Waals surface area contributed by atoms with Crippen LogP contribution in [0.4, 0.5) is 9.80 Å². The highest BCUT2D eigenvalue weighted by Crippen LogP contribution is 2.40. The molecule has 7 heteroatoms. The van der Waals surface area contributed by atoms with E-state index in [1.807, 2.05) is 4.90 Å². The molecule has 1 aliphatic carbocycles. The lowest BCUT2D eigenvalue weighted by Crippen LogP contribution is -2.37. The van der Waals surface area contributed by atoms with Crippen LogP contribution in [-0.2, 0) is 17.6 Å². The van der Waals surface area contributed by atoms with Gasteiger partial charge in [0.2, 0.25) is 0 Å². The van der Waals surface area contributed by atoms with Gasteiger partial charge in [-0.05, 0) is 63.1 Å². The molecule has 0 saturated carbocycles. The number of carbonyl (C=O) groups is 2. The number of urea groups is 1. The third-order valence-electron chi connectivity index (χ3n) is 5.88. The molecule has 2 aliphatic rings. The summed E-state index contributed by atoms with van der Waals surface area (Å²) in [4.78, 5) is 31.6. The summed E-state index contributed by atoms with van der Waals surface area (Å²) in [6.45, 7) is 2.85. The van der Waals surface area contributed by atoms with Crippen LogP contribution in [0, 0.1) is 6.92 Å². The lowest BCUT2D eigenvalue weighted by molar-refractivity contribution is 0.0601. The van der Waals surface area contributed by atoms with Crippen LogP contribution in [0.5, 0.6) is 0 Å². The van der Waals surface area contributed by atoms with Crippen molar-refractivity contribution in [3.63, 3.8) is 0 Å². The van der Waals surface area contributed by atoms with Crippen molar-refractivity contribution in [2.24, 2.45) is 0 Å². The van der Waals surface area contributed by atoms with Crippen molar-refractivity contribution < 1.29 is 14.3 Å². The SMILES string of the molecule is COC(=O)c1c(NC(=O)N2CCCCC[C@H]2c2ccc(C)s2)sc2c1CCCC2. The minimum absolute atomic E-state index is 0.104. The Morgan fingerprint density at radius 2 is 1.93 bits per heavy atom. The van der Waals surface area contributed by atoms with Crippen LogP contribution in [0.3, 0.4) is 0 Å². The molecule has 0 aromatic carbocycles. The number of likely N-dealkylation sites (tertiary alicyclic amines) is 1. The third-order valence-corrected chi connectivity index (χ3v) is 8.19. The van der Waals surface area contributed by atoms with Gasteiger partial charge in [-0.3, -0.25) is 5.32 Å². The number of esters is 1. The Morgan fingerprint density at radius 1 is 1.10 bits per heavy atom. The van der Waals surface area contributed by atoms with Crippen molar-refractivity contribution in [2.45, 2.75) is 64.3 Å². The molecule has 3 heterocycles.